The van der Waals surface area contributed by atoms with Gasteiger partial charge < -0.3 is 9.80 Å². The predicted molar refractivity (Wildman–Crippen MR) is 82.0 cm³/mol. The van der Waals surface area contributed by atoms with Crippen LogP contribution in [0.2, 0.25) is 0 Å². The van der Waals surface area contributed by atoms with Crippen LogP contribution in [-0.4, -0.2) is 55.7 Å². The molecule has 0 atom stereocenters. The highest BCUT2D eigenvalue weighted by Crippen LogP contribution is 2.19. The highest BCUT2D eigenvalue weighted by molar-refractivity contribution is 5.48. The Hall–Kier alpha value is -2.77. The maximum Gasteiger partial charge on any atom is 0.254 e. The summed E-state index contributed by atoms with van der Waals surface area (Å²) < 4.78 is 1.79. The fourth-order valence-corrected chi connectivity index (χ4v) is 2.73. The van der Waals surface area contributed by atoms with Crippen molar-refractivity contribution in [3.05, 3.63) is 36.5 Å². The van der Waals surface area contributed by atoms with Crippen molar-refractivity contribution < 1.29 is 0 Å². The van der Waals surface area contributed by atoms with Gasteiger partial charge in [-0.2, -0.15) is 14.6 Å². The first-order valence-electron chi connectivity index (χ1n) is 7.25. The second kappa shape index (κ2) is 5.21. The second-order valence-electron chi connectivity index (χ2n) is 5.25. The lowest BCUT2D eigenvalue weighted by atomic mass is 10.3. The average Bonchev–Trinajstić information content (AvgIpc) is 3.03. The topological polar surface area (TPSA) is 75.3 Å². The Balaban J connectivity index is 1.57. The zero-order valence-corrected chi connectivity index (χ0v) is 12.3. The first-order valence-corrected chi connectivity index (χ1v) is 7.25. The summed E-state index contributed by atoms with van der Waals surface area (Å²) in [5, 5.41) is 4.28. The number of anilines is 2. The molecule has 1 aliphatic rings. The van der Waals surface area contributed by atoms with Crippen LogP contribution < -0.4 is 9.80 Å². The van der Waals surface area contributed by atoms with E-state index < -0.39 is 0 Å². The van der Waals surface area contributed by atoms with Crippen molar-refractivity contribution in [2.45, 2.75) is 6.92 Å². The maximum atomic E-state index is 4.39. The van der Waals surface area contributed by atoms with Gasteiger partial charge in [0.05, 0.1) is 0 Å². The van der Waals surface area contributed by atoms with Gasteiger partial charge in [-0.3, -0.25) is 0 Å². The van der Waals surface area contributed by atoms with Gasteiger partial charge in [-0.1, -0.05) is 0 Å². The lowest BCUT2D eigenvalue weighted by molar-refractivity contribution is 0.626. The first-order chi connectivity index (χ1) is 10.8. The van der Waals surface area contributed by atoms with Crippen molar-refractivity contribution in [1.29, 1.82) is 0 Å². The molecule has 0 bridgehead atoms. The van der Waals surface area contributed by atoms with Gasteiger partial charge in [-0.15, -0.1) is 0 Å². The van der Waals surface area contributed by atoms with Crippen LogP contribution in [0.5, 0.6) is 0 Å². The predicted octanol–water partition coefficient (Wildman–Crippen LogP) is 0.549. The maximum absolute atomic E-state index is 4.39. The van der Waals surface area contributed by atoms with Crippen molar-refractivity contribution in [2.75, 3.05) is 36.0 Å². The molecule has 0 radical (unpaired) electrons. The SMILES string of the molecule is Cc1cc(N2CCN(c3ncccn3)CC2)n2ncnc2n1. The van der Waals surface area contributed by atoms with Gasteiger partial charge in [0.1, 0.15) is 12.1 Å². The summed E-state index contributed by atoms with van der Waals surface area (Å²) in [5.74, 6) is 2.47. The molecular weight excluding hydrogens is 280 g/mol. The molecular formula is C14H16N8. The molecule has 0 aromatic carbocycles. The highest BCUT2D eigenvalue weighted by atomic mass is 15.4. The quantitative estimate of drug-likeness (QED) is 0.683. The molecule has 8 heteroatoms. The minimum atomic E-state index is 0.642. The molecule has 8 nitrogen and oxygen atoms in total. The Morgan fingerprint density at radius 3 is 2.45 bits per heavy atom. The van der Waals surface area contributed by atoms with E-state index in [4.69, 9.17) is 0 Å². The monoisotopic (exact) mass is 296 g/mol. The molecule has 1 fully saturated rings. The van der Waals surface area contributed by atoms with Crippen LogP contribution in [0, 0.1) is 6.92 Å². The smallest absolute Gasteiger partial charge is 0.254 e. The van der Waals surface area contributed by atoms with Crippen molar-refractivity contribution >= 4 is 17.5 Å². The number of hydrogen-bond donors (Lipinski definition) is 0. The van der Waals surface area contributed by atoms with Crippen molar-refractivity contribution in [3.63, 3.8) is 0 Å². The number of nitrogens with zero attached hydrogens (tertiary/aromatic N) is 8. The van der Waals surface area contributed by atoms with Crippen LogP contribution in [0.3, 0.4) is 0 Å². The number of fused-ring (bicyclic) bond motifs is 1. The first kappa shape index (κ1) is 12.9. The third-order valence-corrected chi connectivity index (χ3v) is 3.80. The van der Waals surface area contributed by atoms with Crippen molar-refractivity contribution in [2.24, 2.45) is 0 Å². The van der Waals surface area contributed by atoms with E-state index in [0.717, 1.165) is 43.6 Å². The molecule has 0 aliphatic carbocycles. The lowest BCUT2D eigenvalue weighted by Gasteiger charge is -2.35. The fourth-order valence-electron chi connectivity index (χ4n) is 2.73. The Kier molecular flexibility index (Phi) is 3.06. The van der Waals surface area contributed by atoms with Gasteiger partial charge >= 0.3 is 0 Å². The van der Waals surface area contributed by atoms with E-state index in [-0.39, 0.29) is 0 Å². The summed E-state index contributed by atoms with van der Waals surface area (Å²) in [7, 11) is 0. The number of aryl methyl sites for hydroxylation is 1. The minimum absolute atomic E-state index is 0.642. The van der Waals surface area contributed by atoms with Gasteiger partial charge in [0.2, 0.25) is 5.95 Å². The molecule has 0 amide bonds. The summed E-state index contributed by atoms with van der Waals surface area (Å²) in [6.45, 7) is 5.50. The van der Waals surface area contributed by atoms with E-state index in [1.807, 2.05) is 13.0 Å². The fraction of sp³-hybridized carbons (Fsp3) is 0.357. The molecule has 22 heavy (non-hydrogen) atoms. The third-order valence-electron chi connectivity index (χ3n) is 3.80. The standard InChI is InChI=1S/C14H16N8/c1-11-9-12(22-14(19-11)17-10-18-22)20-5-7-21(8-6-20)13-15-3-2-4-16-13/h2-4,9-10H,5-8H2,1H3. The normalized spacial score (nSPS) is 15.5. The van der Waals surface area contributed by atoms with Gasteiger partial charge in [0, 0.05) is 50.3 Å². The van der Waals surface area contributed by atoms with Gasteiger partial charge in [-0.05, 0) is 13.0 Å². The van der Waals surface area contributed by atoms with E-state index in [1.54, 1.807) is 23.2 Å². The average molecular weight is 296 g/mol. The van der Waals surface area contributed by atoms with Crippen molar-refractivity contribution in [3.8, 4) is 0 Å². The van der Waals surface area contributed by atoms with Gasteiger partial charge in [0.15, 0.2) is 0 Å². The third kappa shape index (κ3) is 2.22. The number of rotatable bonds is 2. The summed E-state index contributed by atoms with van der Waals surface area (Å²) in [4.78, 5) is 21.7. The highest BCUT2D eigenvalue weighted by Gasteiger charge is 2.21. The van der Waals surface area contributed by atoms with Crippen LogP contribution in [0.15, 0.2) is 30.9 Å². The Morgan fingerprint density at radius 2 is 1.68 bits per heavy atom. The molecule has 1 saturated heterocycles. The van der Waals surface area contributed by atoms with Gasteiger partial charge in [0.25, 0.3) is 5.78 Å². The molecule has 0 saturated carbocycles. The minimum Gasteiger partial charge on any atom is -0.353 e. The molecule has 4 heterocycles. The Morgan fingerprint density at radius 1 is 0.955 bits per heavy atom. The largest absolute Gasteiger partial charge is 0.353 e. The Labute approximate surface area is 127 Å². The summed E-state index contributed by atoms with van der Waals surface area (Å²) in [5.41, 5.74) is 0.948. The van der Waals surface area contributed by atoms with Crippen LogP contribution in [0.1, 0.15) is 5.69 Å². The van der Waals surface area contributed by atoms with Crippen molar-refractivity contribution in [1.82, 2.24) is 29.5 Å². The summed E-state index contributed by atoms with van der Waals surface area (Å²) in [6.07, 6.45) is 5.10. The van der Waals surface area contributed by atoms with Gasteiger partial charge in [-0.25, -0.2) is 15.0 Å². The molecule has 1 aliphatic heterocycles. The van der Waals surface area contributed by atoms with E-state index in [0.29, 0.717) is 5.78 Å². The molecule has 0 spiro atoms. The van der Waals surface area contributed by atoms with Crippen LogP contribution in [-0.2, 0) is 0 Å². The summed E-state index contributed by atoms with van der Waals surface area (Å²) in [6, 6.07) is 3.89. The van der Waals surface area contributed by atoms with Crippen LogP contribution in [0.4, 0.5) is 11.8 Å². The molecule has 0 N–H and O–H groups in total. The number of piperazine rings is 1. The van der Waals surface area contributed by atoms with E-state index in [1.165, 1.54) is 0 Å². The zero-order valence-electron chi connectivity index (χ0n) is 12.3. The van der Waals surface area contributed by atoms with E-state index in [9.17, 15) is 0 Å². The second-order valence-corrected chi connectivity index (χ2v) is 5.25. The Bertz CT molecular complexity index is 776. The van der Waals surface area contributed by atoms with Crippen LogP contribution in [0.25, 0.3) is 5.78 Å². The summed E-state index contributed by atoms with van der Waals surface area (Å²) >= 11 is 0. The molecule has 0 unspecified atom stereocenters. The molecule has 3 aromatic rings. The van der Waals surface area contributed by atoms with Crippen LogP contribution >= 0.6 is 0 Å². The number of aromatic nitrogens is 6. The molecule has 3 aromatic heterocycles. The lowest BCUT2D eigenvalue weighted by Crippen LogP contribution is -2.47. The zero-order chi connectivity index (χ0) is 14.9. The van der Waals surface area contributed by atoms with E-state index in [2.05, 4.69) is 40.9 Å². The number of hydrogen-bond acceptors (Lipinski definition) is 7. The van der Waals surface area contributed by atoms with E-state index >= 15 is 0 Å². The molecule has 4 rings (SSSR count). The molecule has 112 valence electrons.